The van der Waals surface area contributed by atoms with E-state index in [9.17, 15) is 9.59 Å². The Labute approximate surface area is 220 Å². The van der Waals surface area contributed by atoms with Crippen molar-refractivity contribution in [1.82, 2.24) is 19.8 Å². The van der Waals surface area contributed by atoms with Crippen LogP contribution in [0.1, 0.15) is 56.0 Å². The molecular formula is C30H40N4O3. The number of carbonyl (C=O) groups excluding carboxylic acids is 2. The molecule has 0 atom stereocenters. The molecule has 1 fully saturated rings. The second kappa shape index (κ2) is 12.7. The minimum absolute atomic E-state index is 0.0261. The predicted octanol–water partition coefficient (Wildman–Crippen LogP) is 4.82. The van der Waals surface area contributed by atoms with E-state index in [1.165, 1.54) is 0 Å². The lowest BCUT2D eigenvalue weighted by molar-refractivity contribution is -0.133. The molecule has 0 saturated carbocycles. The Hall–Kier alpha value is -3.35. The molecular weight excluding hydrogens is 464 g/mol. The Morgan fingerprint density at radius 1 is 1.05 bits per heavy atom. The molecule has 1 aliphatic heterocycles. The highest BCUT2D eigenvalue weighted by Gasteiger charge is 2.22. The summed E-state index contributed by atoms with van der Waals surface area (Å²) in [5.41, 5.74) is 4.10. The van der Waals surface area contributed by atoms with Crippen LogP contribution in [0, 0.1) is 19.8 Å². The van der Waals surface area contributed by atoms with Crippen LogP contribution < -0.4 is 10.1 Å². The normalized spacial score (nSPS) is 14.2. The average Bonchev–Trinajstić information content (AvgIpc) is 3.24. The number of piperidine rings is 1. The maximum atomic E-state index is 13.1. The standard InChI is InChI=1S/C30H40N4O3/c1-22-14-17-33(18-15-22)30(36)20-34-26-10-7-6-9-25(26)32-28(34)11-5-4-8-16-31-29(35)21-37-27-19-23(2)12-13-24(27)3/h6-7,9-10,12-13,19,22H,4-5,8,11,14-18,20-21H2,1-3H3,(H,31,35). The Morgan fingerprint density at radius 3 is 2.65 bits per heavy atom. The number of hydrogen-bond donors (Lipinski definition) is 1. The van der Waals surface area contributed by atoms with Gasteiger partial charge in [-0.1, -0.05) is 37.6 Å². The molecule has 1 saturated heterocycles. The molecule has 2 heterocycles. The third-order valence-electron chi connectivity index (χ3n) is 7.27. The number of amides is 2. The van der Waals surface area contributed by atoms with Crippen LogP contribution in [0.3, 0.4) is 0 Å². The zero-order chi connectivity index (χ0) is 26.2. The number of aryl methyl sites for hydroxylation is 3. The molecule has 0 bridgehead atoms. The minimum Gasteiger partial charge on any atom is -0.483 e. The summed E-state index contributed by atoms with van der Waals surface area (Å²) in [4.78, 5) is 32.1. The van der Waals surface area contributed by atoms with Gasteiger partial charge in [-0.25, -0.2) is 4.98 Å². The van der Waals surface area contributed by atoms with Gasteiger partial charge in [-0.05, 0) is 74.8 Å². The highest BCUT2D eigenvalue weighted by molar-refractivity contribution is 5.81. The lowest BCUT2D eigenvalue weighted by Crippen LogP contribution is -2.39. The summed E-state index contributed by atoms with van der Waals surface area (Å²) in [7, 11) is 0. The smallest absolute Gasteiger partial charge is 0.257 e. The van der Waals surface area contributed by atoms with Crippen molar-refractivity contribution < 1.29 is 14.3 Å². The van der Waals surface area contributed by atoms with Gasteiger partial charge in [-0.15, -0.1) is 0 Å². The molecule has 1 aliphatic rings. The van der Waals surface area contributed by atoms with Crippen LogP contribution in [0.15, 0.2) is 42.5 Å². The van der Waals surface area contributed by atoms with Gasteiger partial charge in [0.25, 0.3) is 5.91 Å². The SMILES string of the molecule is Cc1ccc(C)c(OCC(=O)NCCCCCc2nc3ccccc3n2CC(=O)N2CCC(C)CC2)c1. The number of unbranched alkanes of at least 4 members (excludes halogenated alkanes) is 2. The van der Waals surface area contributed by atoms with Gasteiger partial charge in [0, 0.05) is 26.1 Å². The van der Waals surface area contributed by atoms with Gasteiger partial charge in [0.1, 0.15) is 18.1 Å². The number of ether oxygens (including phenoxy) is 1. The number of hydrogen-bond acceptors (Lipinski definition) is 4. The molecule has 2 aromatic carbocycles. The van der Waals surface area contributed by atoms with E-state index in [0.29, 0.717) is 19.0 Å². The Balaban J connectivity index is 1.22. The number of nitrogens with zero attached hydrogens (tertiary/aromatic N) is 3. The summed E-state index contributed by atoms with van der Waals surface area (Å²) >= 11 is 0. The second-order valence-corrected chi connectivity index (χ2v) is 10.4. The fraction of sp³-hybridized carbons (Fsp3) is 0.500. The fourth-order valence-corrected chi connectivity index (χ4v) is 4.86. The van der Waals surface area contributed by atoms with E-state index in [1.807, 2.05) is 61.2 Å². The van der Waals surface area contributed by atoms with Crippen LogP contribution >= 0.6 is 0 Å². The molecule has 3 aromatic rings. The first-order valence-corrected chi connectivity index (χ1v) is 13.6. The topological polar surface area (TPSA) is 76.5 Å². The Kier molecular flexibility index (Phi) is 9.20. The zero-order valence-corrected chi connectivity index (χ0v) is 22.5. The van der Waals surface area contributed by atoms with Crippen molar-refractivity contribution >= 4 is 22.8 Å². The van der Waals surface area contributed by atoms with Gasteiger partial charge in [0.15, 0.2) is 6.61 Å². The summed E-state index contributed by atoms with van der Waals surface area (Å²) in [5, 5.41) is 2.95. The van der Waals surface area contributed by atoms with Crippen molar-refractivity contribution in [3.63, 3.8) is 0 Å². The van der Waals surface area contributed by atoms with Crippen LogP contribution in [0.25, 0.3) is 11.0 Å². The molecule has 198 valence electrons. The van der Waals surface area contributed by atoms with E-state index in [1.54, 1.807) is 0 Å². The molecule has 7 nitrogen and oxygen atoms in total. The maximum Gasteiger partial charge on any atom is 0.257 e. The molecule has 7 heteroatoms. The molecule has 0 spiro atoms. The van der Waals surface area contributed by atoms with Crippen molar-refractivity contribution in [2.24, 2.45) is 5.92 Å². The third kappa shape index (κ3) is 7.34. The summed E-state index contributed by atoms with van der Waals surface area (Å²) in [6.07, 6.45) is 5.78. The van der Waals surface area contributed by atoms with Crippen molar-refractivity contribution in [2.45, 2.75) is 65.8 Å². The minimum atomic E-state index is -0.103. The molecule has 2 amide bonds. The number of para-hydroxylation sites is 2. The maximum absolute atomic E-state index is 13.1. The summed E-state index contributed by atoms with van der Waals surface area (Å²) in [6.45, 7) is 8.94. The zero-order valence-electron chi connectivity index (χ0n) is 22.5. The lowest BCUT2D eigenvalue weighted by atomic mass is 9.99. The number of aromatic nitrogens is 2. The molecule has 4 rings (SSSR count). The van der Waals surface area contributed by atoms with Crippen LogP contribution in [0.5, 0.6) is 5.75 Å². The number of fused-ring (bicyclic) bond motifs is 1. The first-order chi connectivity index (χ1) is 17.9. The highest BCUT2D eigenvalue weighted by atomic mass is 16.5. The van der Waals surface area contributed by atoms with Gasteiger partial charge < -0.3 is 19.5 Å². The van der Waals surface area contributed by atoms with E-state index in [-0.39, 0.29) is 18.4 Å². The van der Waals surface area contributed by atoms with Crippen LogP contribution in [-0.4, -0.2) is 52.5 Å². The largest absolute Gasteiger partial charge is 0.483 e. The van der Waals surface area contributed by atoms with E-state index >= 15 is 0 Å². The second-order valence-electron chi connectivity index (χ2n) is 10.4. The quantitative estimate of drug-likeness (QED) is 0.380. The molecule has 37 heavy (non-hydrogen) atoms. The van der Waals surface area contributed by atoms with Gasteiger partial charge in [-0.3, -0.25) is 9.59 Å². The number of likely N-dealkylation sites (tertiary alicyclic amines) is 1. The highest BCUT2D eigenvalue weighted by Crippen LogP contribution is 2.21. The lowest BCUT2D eigenvalue weighted by Gasteiger charge is -2.30. The Morgan fingerprint density at radius 2 is 1.84 bits per heavy atom. The van der Waals surface area contributed by atoms with Crippen molar-refractivity contribution in [2.75, 3.05) is 26.2 Å². The van der Waals surface area contributed by atoms with Crippen LogP contribution in [0.2, 0.25) is 0 Å². The molecule has 1 N–H and O–H groups in total. The van der Waals surface area contributed by atoms with Gasteiger partial charge in [0.05, 0.1) is 11.0 Å². The number of carbonyl (C=O) groups is 2. The summed E-state index contributed by atoms with van der Waals surface area (Å²) in [5.74, 6) is 2.50. The van der Waals surface area contributed by atoms with E-state index in [4.69, 9.17) is 9.72 Å². The van der Waals surface area contributed by atoms with E-state index in [2.05, 4.69) is 16.8 Å². The first-order valence-electron chi connectivity index (χ1n) is 13.6. The summed E-state index contributed by atoms with van der Waals surface area (Å²) < 4.78 is 7.78. The van der Waals surface area contributed by atoms with E-state index in [0.717, 1.165) is 85.3 Å². The van der Waals surface area contributed by atoms with Crippen molar-refractivity contribution in [3.05, 3.63) is 59.4 Å². The fourth-order valence-electron chi connectivity index (χ4n) is 4.86. The van der Waals surface area contributed by atoms with Gasteiger partial charge in [0.2, 0.25) is 5.91 Å². The molecule has 0 radical (unpaired) electrons. The third-order valence-corrected chi connectivity index (χ3v) is 7.27. The van der Waals surface area contributed by atoms with E-state index < -0.39 is 0 Å². The predicted molar refractivity (Wildman–Crippen MR) is 147 cm³/mol. The monoisotopic (exact) mass is 504 g/mol. The molecule has 0 aliphatic carbocycles. The van der Waals surface area contributed by atoms with Crippen molar-refractivity contribution in [3.8, 4) is 5.75 Å². The number of rotatable bonds is 11. The Bertz CT molecular complexity index is 1210. The average molecular weight is 505 g/mol. The van der Waals surface area contributed by atoms with Gasteiger partial charge in [-0.2, -0.15) is 0 Å². The van der Waals surface area contributed by atoms with Crippen molar-refractivity contribution in [1.29, 1.82) is 0 Å². The number of benzene rings is 2. The van der Waals surface area contributed by atoms with Gasteiger partial charge >= 0.3 is 0 Å². The number of imidazole rings is 1. The van der Waals surface area contributed by atoms with Crippen LogP contribution in [-0.2, 0) is 22.6 Å². The molecule has 1 aromatic heterocycles. The first kappa shape index (κ1) is 26.7. The van der Waals surface area contributed by atoms with Crippen LogP contribution in [0.4, 0.5) is 0 Å². The molecule has 0 unspecified atom stereocenters. The summed E-state index contributed by atoms with van der Waals surface area (Å²) in [6, 6.07) is 14.0. The number of nitrogens with one attached hydrogen (secondary N) is 1.